The molecule has 0 spiro atoms. The maximum Gasteiger partial charge on any atom is 0.387 e. The molecular weight excluding hydrogens is 462 g/mol. The molecule has 1 amide bonds. The van der Waals surface area contributed by atoms with Crippen LogP contribution in [0, 0.1) is 13.8 Å². The summed E-state index contributed by atoms with van der Waals surface area (Å²) in [5, 5.41) is 2.78. The first-order chi connectivity index (χ1) is 17.3. The van der Waals surface area contributed by atoms with E-state index in [4.69, 9.17) is 4.74 Å². The molecule has 198 valence electrons. The van der Waals surface area contributed by atoms with Crippen molar-refractivity contribution in [3.05, 3.63) is 52.6 Å². The Labute approximate surface area is 214 Å². The quantitative estimate of drug-likeness (QED) is 0.259. The van der Waals surface area contributed by atoms with E-state index >= 15 is 0 Å². The highest BCUT2D eigenvalue weighted by Crippen LogP contribution is 2.29. The van der Waals surface area contributed by atoms with Crippen LogP contribution >= 0.6 is 0 Å². The first kappa shape index (κ1) is 29.3. The standard InChI is InChI=1S/C29H40F2N2O3/c1-6-8-15-33(16-9-7-2)17-14-28(34)32-25-19-23(12-13-26(25)36-29(30)31)10-11-24-18-21(3)22(4)27(20-24)35-5/h10-13,18-20,29H,6-9,14-17H2,1-5H3,(H,32,34)/b11-10-. The van der Waals surface area contributed by atoms with E-state index in [1.807, 2.05) is 38.1 Å². The summed E-state index contributed by atoms with van der Waals surface area (Å²) in [5.41, 5.74) is 4.11. The molecule has 0 radical (unpaired) electrons. The fraction of sp³-hybridized carbons (Fsp3) is 0.483. The molecule has 0 saturated heterocycles. The first-order valence-corrected chi connectivity index (χ1v) is 12.7. The Hall–Kier alpha value is -2.93. The molecular formula is C29H40F2N2O3. The van der Waals surface area contributed by atoms with Gasteiger partial charge in [0, 0.05) is 13.0 Å². The summed E-state index contributed by atoms with van der Waals surface area (Å²) >= 11 is 0. The number of methoxy groups -OCH3 is 1. The van der Waals surface area contributed by atoms with Crippen LogP contribution in [0.15, 0.2) is 30.3 Å². The van der Waals surface area contributed by atoms with Gasteiger partial charge in [0.1, 0.15) is 11.5 Å². The Bertz CT molecular complexity index is 1000. The summed E-state index contributed by atoms with van der Waals surface area (Å²) in [6.45, 7) is 7.87. The minimum absolute atomic E-state index is 0.0582. The second kappa shape index (κ2) is 15.2. The molecule has 0 aliphatic carbocycles. The van der Waals surface area contributed by atoms with Gasteiger partial charge in [0.15, 0.2) is 0 Å². The molecule has 1 N–H and O–H groups in total. The second-order valence-corrected chi connectivity index (χ2v) is 8.98. The summed E-state index contributed by atoms with van der Waals surface area (Å²) in [6, 6.07) is 8.78. The van der Waals surface area contributed by atoms with Crippen molar-refractivity contribution < 1.29 is 23.0 Å². The molecule has 0 atom stereocenters. The third-order valence-corrected chi connectivity index (χ3v) is 6.13. The number of hydrogen-bond acceptors (Lipinski definition) is 4. The van der Waals surface area contributed by atoms with Crippen molar-refractivity contribution in [3.8, 4) is 11.5 Å². The number of halogens is 2. The van der Waals surface area contributed by atoms with E-state index in [0.717, 1.165) is 66.8 Å². The van der Waals surface area contributed by atoms with Crippen LogP contribution in [0.3, 0.4) is 0 Å². The number of ether oxygens (including phenoxy) is 2. The van der Waals surface area contributed by atoms with E-state index in [9.17, 15) is 13.6 Å². The van der Waals surface area contributed by atoms with Crippen molar-refractivity contribution >= 4 is 23.7 Å². The van der Waals surface area contributed by atoms with Crippen LogP contribution in [0.2, 0.25) is 0 Å². The van der Waals surface area contributed by atoms with E-state index in [0.29, 0.717) is 6.54 Å². The summed E-state index contributed by atoms with van der Waals surface area (Å²) in [7, 11) is 1.64. The molecule has 0 aliphatic heterocycles. The van der Waals surface area contributed by atoms with Gasteiger partial charge >= 0.3 is 6.61 Å². The van der Waals surface area contributed by atoms with Crippen molar-refractivity contribution in [1.29, 1.82) is 0 Å². The van der Waals surface area contributed by atoms with E-state index in [-0.39, 0.29) is 23.8 Å². The molecule has 0 saturated carbocycles. The largest absolute Gasteiger partial charge is 0.496 e. The molecule has 2 rings (SSSR count). The molecule has 2 aromatic rings. The van der Waals surface area contributed by atoms with Crippen LogP contribution in [-0.2, 0) is 4.79 Å². The second-order valence-electron chi connectivity index (χ2n) is 8.98. The summed E-state index contributed by atoms with van der Waals surface area (Å²) < 4.78 is 36.0. The third-order valence-electron chi connectivity index (χ3n) is 6.13. The van der Waals surface area contributed by atoms with Gasteiger partial charge in [0.05, 0.1) is 12.8 Å². The summed E-state index contributed by atoms with van der Waals surface area (Å²) in [5.74, 6) is 0.513. The van der Waals surface area contributed by atoms with Crippen molar-refractivity contribution in [2.45, 2.75) is 66.4 Å². The number of carbonyl (C=O) groups is 1. The first-order valence-electron chi connectivity index (χ1n) is 12.7. The summed E-state index contributed by atoms with van der Waals surface area (Å²) in [6.07, 6.45) is 8.42. The van der Waals surface area contributed by atoms with E-state index < -0.39 is 6.61 Å². The van der Waals surface area contributed by atoms with Crippen molar-refractivity contribution in [3.63, 3.8) is 0 Å². The molecule has 0 heterocycles. The van der Waals surface area contributed by atoms with Gasteiger partial charge in [-0.3, -0.25) is 4.79 Å². The number of anilines is 1. The minimum Gasteiger partial charge on any atom is -0.496 e. The van der Waals surface area contributed by atoms with Gasteiger partial charge in [-0.2, -0.15) is 8.78 Å². The van der Waals surface area contributed by atoms with Crippen LogP contribution in [-0.4, -0.2) is 44.2 Å². The molecule has 5 nitrogen and oxygen atoms in total. The SMILES string of the molecule is CCCCN(CCCC)CCC(=O)Nc1cc(/C=C\c2cc(C)c(C)c(OC)c2)ccc1OC(F)F. The van der Waals surface area contributed by atoms with Crippen LogP contribution in [0.1, 0.15) is 68.2 Å². The number of benzene rings is 2. The van der Waals surface area contributed by atoms with E-state index in [1.54, 1.807) is 19.2 Å². The van der Waals surface area contributed by atoms with Gasteiger partial charge in [0.2, 0.25) is 5.91 Å². The third kappa shape index (κ3) is 9.61. The lowest BCUT2D eigenvalue weighted by Crippen LogP contribution is -2.30. The van der Waals surface area contributed by atoms with Crippen LogP contribution in [0.25, 0.3) is 12.2 Å². The zero-order valence-corrected chi connectivity index (χ0v) is 22.2. The zero-order valence-electron chi connectivity index (χ0n) is 22.2. The highest BCUT2D eigenvalue weighted by molar-refractivity contribution is 5.93. The van der Waals surface area contributed by atoms with Crippen LogP contribution < -0.4 is 14.8 Å². The normalized spacial score (nSPS) is 11.5. The fourth-order valence-corrected chi connectivity index (χ4v) is 3.87. The maximum atomic E-state index is 13.0. The van der Waals surface area contributed by atoms with Crippen molar-refractivity contribution in [2.75, 3.05) is 32.1 Å². The molecule has 0 bridgehead atoms. The van der Waals surface area contributed by atoms with E-state index in [2.05, 4.69) is 28.8 Å². The molecule has 0 aliphatic rings. The van der Waals surface area contributed by atoms with Gasteiger partial charge in [-0.1, -0.05) is 51.0 Å². The van der Waals surface area contributed by atoms with Gasteiger partial charge in [-0.25, -0.2) is 0 Å². The zero-order chi connectivity index (χ0) is 26.5. The van der Waals surface area contributed by atoms with Crippen LogP contribution in [0.5, 0.6) is 11.5 Å². The van der Waals surface area contributed by atoms with Crippen molar-refractivity contribution in [1.82, 2.24) is 4.90 Å². The number of alkyl halides is 2. The molecule has 7 heteroatoms. The Morgan fingerprint density at radius 2 is 1.64 bits per heavy atom. The topological polar surface area (TPSA) is 50.8 Å². The Morgan fingerprint density at radius 1 is 0.972 bits per heavy atom. The lowest BCUT2D eigenvalue weighted by molar-refractivity contribution is -0.116. The number of nitrogens with zero attached hydrogens (tertiary/aromatic N) is 1. The number of carbonyl (C=O) groups excluding carboxylic acids is 1. The monoisotopic (exact) mass is 502 g/mol. The molecule has 2 aromatic carbocycles. The Balaban J connectivity index is 2.17. The maximum absolute atomic E-state index is 13.0. The van der Waals surface area contributed by atoms with Crippen LogP contribution in [0.4, 0.5) is 14.5 Å². The number of aryl methyl sites for hydroxylation is 1. The Kier molecular flexibility index (Phi) is 12.4. The number of amides is 1. The Morgan fingerprint density at radius 3 is 2.25 bits per heavy atom. The lowest BCUT2D eigenvalue weighted by Gasteiger charge is -2.21. The van der Waals surface area contributed by atoms with Gasteiger partial charge in [-0.15, -0.1) is 0 Å². The number of unbranched alkanes of at least 4 members (excludes halogenated alkanes) is 2. The number of rotatable bonds is 15. The predicted octanol–water partition coefficient (Wildman–Crippen LogP) is 7.31. The van der Waals surface area contributed by atoms with Gasteiger partial charge in [0.25, 0.3) is 0 Å². The highest BCUT2D eigenvalue weighted by atomic mass is 19.3. The van der Waals surface area contributed by atoms with E-state index in [1.165, 1.54) is 6.07 Å². The average Bonchev–Trinajstić information content (AvgIpc) is 2.85. The molecule has 0 aromatic heterocycles. The van der Waals surface area contributed by atoms with Gasteiger partial charge < -0.3 is 19.7 Å². The predicted molar refractivity (Wildman–Crippen MR) is 144 cm³/mol. The smallest absolute Gasteiger partial charge is 0.387 e. The summed E-state index contributed by atoms with van der Waals surface area (Å²) in [4.78, 5) is 15.0. The van der Waals surface area contributed by atoms with Gasteiger partial charge in [-0.05, 0) is 80.2 Å². The average molecular weight is 503 g/mol. The number of nitrogens with one attached hydrogen (secondary N) is 1. The molecule has 0 unspecified atom stereocenters. The lowest BCUT2D eigenvalue weighted by atomic mass is 10.0. The molecule has 36 heavy (non-hydrogen) atoms. The highest BCUT2D eigenvalue weighted by Gasteiger charge is 2.14. The minimum atomic E-state index is -2.98. The fourth-order valence-electron chi connectivity index (χ4n) is 3.87. The molecule has 0 fully saturated rings. The number of hydrogen-bond donors (Lipinski definition) is 1. The van der Waals surface area contributed by atoms with Crippen molar-refractivity contribution in [2.24, 2.45) is 0 Å².